The lowest BCUT2D eigenvalue weighted by atomic mass is 10.1. The number of benzene rings is 1. The average molecular weight is 287 g/mol. The van der Waals surface area contributed by atoms with Crippen molar-refractivity contribution in [3.8, 4) is 11.5 Å². The van der Waals surface area contributed by atoms with Gasteiger partial charge in [0.25, 0.3) is 0 Å². The SMILES string of the molecule is COc1cc(CO)ccc1OCc1ncccc1C(C)=O. The number of hydrogen-bond donors (Lipinski definition) is 1. The van der Waals surface area contributed by atoms with Gasteiger partial charge in [-0.2, -0.15) is 0 Å². The van der Waals surface area contributed by atoms with E-state index in [2.05, 4.69) is 4.98 Å². The van der Waals surface area contributed by atoms with Gasteiger partial charge < -0.3 is 14.6 Å². The molecule has 0 spiro atoms. The van der Waals surface area contributed by atoms with Crippen molar-refractivity contribution in [1.82, 2.24) is 4.98 Å². The molecule has 1 aromatic heterocycles. The quantitative estimate of drug-likeness (QED) is 0.826. The zero-order valence-electron chi connectivity index (χ0n) is 12.0. The molecule has 0 aliphatic heterocycles. The van der Waals surface area contributed by atoms with Crippen molar-refractivity contribution in [2.75, 3.05) is 7.11 Å². The molecule has 0 aliphatic carbocycles. The molecular weight excluding hydrogens is 270 g/mol. The van der Waals surface area contributed by atoms with Gasteiger partial charge in [-0.15, -0.1) is 0 Å². The lowest BCUT2D eigenvalue weighted by Gasteiger charge is -2.12. The minimum atomic E-state index is -0.0641. The van der Waals surface area contributed by atoms with Crippen LogP contribution in [0.4, 0.5) is 0 Å². The Morgan fingerprint density at radius 3 is 2.76 bits per heavy atom. The molecule has 0 amide bonds. The Morgan fingerprint density at radius 2 is 2.10 bits per heavy atom. The fourth-order valence-corrected chi connectivity index (χ4v) is 1.95. The first-order chi connectivity index (χ1) is 10.2. The number of ketones is 1. The highest BCUT2D eigenvalue weighted by Crippen LogP contribution is 2.29. The van der Waals surface area contributed by atoms with Crippen LogP contribution in [-0.4, -0.2) is 23.0 Å². The smallest absolute Gasteiger partial charge is 0.161 e. The minimum Gasteiger partial charge on any atom is -0.493 e. The molecule has 1 aromatic carbocycles. The normalized spacial score (nSPS) is 10.2. The van der Waals surface area contributed by atoms with E-state index in [1.54, 1.807) is 36.5 Å². The van der Waals surface area contributed by atoms with Crippen LogP contribution >= 0.6 is 0 Å². The Balaban J connectivity index is 2.19. The number of pyridine rings is 1. The molecule has 0 bridgehead atoms. The third-order valence-electron chi connectivity index (χ3n) is 3.04. The second-order valence-electron chi connectivity index (χ2n) is 4.49. The van der Waals surface area contributed by atoms with E-state index in [0.29, 0.717) is 22.8 Å². The molecule has 0 aliphatic rings. The van der Waals surface area contributed by atoms with Crippen LogP contribution in [0.5, 0.6) is 11.5 Å². The first kappa shape index (κ1) is 15.0. The molecule has 21 heavy (non-hydrogen) atoms. The molecule has 5 heteroatoms. The topological polar surface area (TPSA) is 68.7 Å². The Bertz CT molecular complexity index is 640. The summed E-state index contributed by atoms with van der Waals surface area (Å²) in [6, 6.07) is 8.62. The van der Waals surface area contributed by atoms with Gasteiger partial charge in [-0.1, -0.05) is 6.07 Å². The standard InChI is InChI=1S/C16H17NO4/c1-11(19)13-4-3-7-17-14(13)10-21-15-6-5-12(9-18)8-16(15)20-2/h3-8,18H,9-10H2,1-2H3. The molecular formula is C16H17NO4. The Morgan fingerprint density at radius 1 is 1.29 bits per heavy atom. The average Bonchev–Trinajstić information content (AvgIpc) is 2.52. The number of aliphatic hydroxyl groups is 1. The van der Waals surface area contributed by atoms with Crippen LogP contribution < -0.4 is 9.47 Å². The predicted molar refractivity (Wildman–Crippen MR) is 77.5 cm³/mol. The number of ether oxygens (including phenoxy) is 2. The minimum absolute atomic E-state index is 0.0516. The summed E-state index contributed by atoms with van der Waals surface area (Å²) in [5.74, 6) is 1.01. The summed E-state index contributed by atoms with van der Waals surface area (Å²) in [6.07, 6.45) is 1.62. The highest BCUT2D eigenvalue weighted by Gasteiger charge is 2.11. The molecule has 0 saturated heterocycles. The fraction of sp³-hybridized carbons (Fsp3) is 0.250. The monoisotopic (exact) mass is 287 g/mol. The molecule has 0 radical (unpaired) electrons. The van der Waals surface area contributed by atoms with Crippen LogP contribution in [0.1, 0.15) is 28.5 Å². The fourth-order valence-electron chi connectivity index (χ4n) is 1.95. The molecule has 0 atom stereocenters. The van der Waals surface area contributed by atoms with Crippen molar-refractivity contribution >= 4 is 5.78 Å². The number of carbonyl (C=O) groups excluding carboxylic acids is 1. The van der Waals surface area contributed by atoms with E-state index in [0.717, 1.165) is 5.56 Å². The maximum atomic E-state index is 11.5. The third kappa shape index (κ3) is 3.58. The number of rotatable bonds is 6. The van der Waals surface area contributed by atoms with Gasteiger partial charge in [-0.25, -0.2) is 0 Å². The van der Waals surface area contributed by atoms with E-state index in [-0.39, 0.29) is 19.0 Å². The number of nitrogens with zero attached hydrogens (tertiary/aromatic N) is 1. The second kappa shape index (κ2) is 6.85. The van der Waals surface area contributed by atoms with Crippen molar-refractivity contribution in [1.29, 1.82) is 0 Å². The van der Waals surface area contributed by atoms with E-state index >= 15 is 0 Å². The third-order valence-corrected chi connectivity index (χ3v) is 3.04. The van der Waals surface area contributed by atoms with Gasteiger partial charge in [-0.3, -0.25) is 9.78 Å². The highest BCUT2D eigenvalue weighted by molar-refractivity contribution is 5.95. The van der Waals surface area contributed by atoms with Crippen molar-refractivity contribution in [2.45, 2.75) is 20.1 Å². The van der Waals surface area contributed by atoms with Gasteiger partial charge in [0.2, 0.25) is 0 Å². The summed E-state index contributed by atoms with van der Waals surface area (Å²) in [7, 11) is 1.53. The molecule has 5 nitrogen and oxygen atoms in total. The van der Waals surface area contributed by atoms with E-state index in [9.17, 15) is 4.79 Å². The van der Waals surface area contributed by atoms with Crippen molar-refractivity contribution < 1.29 is 19.4 Å². The highest BCUT2D eigenvalue weighted by atomic mass is 16.5. The van der Waals surface area contributed by atoms with E-state index in [4.69, 9.17) is 14.6 Å². The van der Waals surface area contributed by atoms with Crippen LogP contribution in [0.3, 0.4) is 0 Å². The van der Waals surface area contributed by atoms with Crippen LogP contribution in [-0.2, 0) is 13.2 Å². The largest absolute Gasteiger partial charge is 0.493 e. The maximum Gasteiger partial charge on any atom is 0.161 e. The van der Waals surface area contributed by atoms with Crippen LogP contribution in [0.15, 0.2) is 36.5 Å². The number of methoxy groups -OCH3 is 1. The van der Waals surface area contributed by atoms with Crippen LogP contribution in [0, 0.1) is 0 Å². The number of carbonyl (C=O) groups is 1. The molecule has 0 unspecified atom stereocenters. The van der Waals surface area contributed by atoms with Crippen LogP contribution in [0.25, 0.3) is 0 Å². The Labute approximate surface area is 123 Å². The van der Waals surface area contributed by atoms with Gasteiger partial charge in [0.15, 0.2) is 17.3 Å². The Hall–Kier alpha value is -2.40. The lowest BCUT2D eigenvalue weighted by Crippen LogP contribution is -2.06. The van der Waals surface area contributed by atoms with Gasteiger partial charge >= 0.3 is 0 Å². The molecule has 2 aromatic rings. The van der Waals surface area contributed by atoms with Crippen molar-refractivity contribution in [2.24, 2.45) is 0 Å². The van der Waals surface area contributed by atoms with Gasteiger partial charge in [0.05, 0.1) is 19.4 Å². The van der Waals surface area contributed by atoms with Crippen molar-refractivity contribution in [3.63, 3.8) is 0 Å². The number of Topliss-reactive ketones (excluding diaryl/α,β-unsaturated/α-hetero) is 1. The molecule has 110 valence electrons. The summed E-state index contributed by atoms with van der Waals surface area (Å²) < 4.78 is 10.9. The first-order valence-corrected chi connectivity index (χ1v) is 6.51. The number of hydrogen-bond acceptors (Lipinski definition) is 5. The summed E-state index contributed by atoms with van der Waals surface area (Å²) in [5.41, 5.74) is 1.86. The van der Waals surface area contributed by atoms with Crippen LogP contribution in [0.2, 0.25) is 0 Å². The molecule has 0 saturated carbocycles. The number of aromatic nitrogens is 1. The van der Waals surface area contributed by atoms with E-state index in [1.807, 2.05) is 0 Å². The molecule has 0 fully saturated rings. The Kier molecular flexibility index (Phi) is 4.90. The lowest BCUT2D eigenvalue weighted by molar-refractivity contribution is 0.101. The first-order valence-electron chi connectivity index (χ1n) is 6.51. The summed E-state index contributed by atoms with van der Waals surface area (Å²) in [6.45, 7) is 1.60. The molecule has 1 N–H and O–H groups in total. The summed E-state index contributed by atoms with van der Waals surface area (Å²) in [5, 5.41) is 9.11. The van der Waals surface area contributed by atoms with Gasteiger partial charge in [0.1, 0.15) is 6.61 Å². The summed E-state index contributed by atoms with van der Waals surface area (Å²) in [4.78, 5) is 15.7. The summed E-state index contributed by atoms with van der Waals surface area (Å²) >= 11 is 0. The van der Waals surface area contributed by atoms with Gasteiger partial charge in [0, 0.05) is 11.8 Å². The molecule has 1 heterocycles. The number of aliphatic hydroxyl groups excluding tert-OH is 1. The maximum absolute atomic E-state index is 11.5. The van der Waals surface area contributed by atoms with Crippen molar-refractivity contribution in [3.05, 3.63) is 53.3 Å². The second-order valence-corrected chi connectivity index (χ2v) is 4.49. The molecule has 2 rings (SSSR count). The van der Waals surface area contributed by atoms with E-state index in [1.165, 1.54) is 14.0 Å². The van der Waals surface area contributed by atoms with E-state index < -0.39 is 0 Å². The zero-order valence-corrected chi connectivity index (χ0v) is 12.0. The predicted octanol–water partition coefficient (Wildman–Crippen LogP) is 2.36. The van der Waals surface area contributed by atoms with Gasteiger partial charge in [-0.05, 0) is 36.8 Å². The zero-order chi connectivity index (χ0) is 15.2.